The van der Waals surface area contributed by atoms with Gasteiger partial charge in [0.15, 0.2) is 0 Å². The van der Waals surface area contributed by atoms with E-state index in [1.165, 1.54) is 20.5 Å². The normalized spacial score (nSPS) is 11.4. The van der Waals surface area contributed by atoms with Gasteiger partial charge in [-0.25, -0.2) is 4.98 Å². The Bertz CT molecular complexity index is 905. The van der Waals surface area contributed by atoms with E-state index in [0.717, 1.165) is 22.5 Å². The molecule has 0 spiro atoms. The Kier molecular flexibility index (Phi) is 2.79. The predicted molar refractivity (Wildman–Crippen MR) is 87.6 cm³/mol. The summed E-state index contributed by atoms with van der Waals surface area (Å²) in [5.74, 6) is 0. The van der Waals surface area contributed by atoms with Gasteiger partial charge in [-0.15, -0.1) is 11.3 Å². The quantitative estimate of drug-likeness (QED) is 0.512. The highest BCUT2D eigenvalue weighted by Crippen LogP contribution is 2.37. The highest BCUT2D eigenvalue weighted by molar-refractivity contribution is 7.24. The van der Waals surface area contributed by atoms with E-state index in [0.29, 0.717) is 0 Å². The molecule has 0 fully saturated rings. The smallest absolute Gasteiger partial charge is 0.136 e. The van der Waals surface area contributed by atoms with E-state index in [1.54, 1.807) is 22.9 Å². The number of fused-ring (bicyclic) bond motifs is 2. The van der Waals surface area contributed by atoms with Crippen LogP contribution in [-0.4, -0.2) is 9.36 Å². The van der Waals surface area contributed by atoms with Crippen LogP contribution in [0.5, 0.6) is 0 Å². The lowest BCUT2D eigenvalue weighted by atomic mass is 10.1. The van der Waals surface area contributed by atoms with Crippen molar-refractivity contribution in [2.75, 3.05) is 0 Å². The molecule has 0 saturated carbocycles. The van der Waals surface area contributed by atoms with Crippen LogP contribution in [0.3, 0.4) is 0 Å². The molecule has 0 radical (unpaired) electrons. The minimum atomic E-state index is 1.02. The number of para-hydroxylation sites is 1. The molecule has 0 aliphatic heterocycles. The van der Waals surface area contributed by atoms with Crippen molar-refractivity contribution in [1.82, 2.24) is 9.36 Å². The van der Waals surface area contributed by atoms with Gasteiger partial charge in [-0.05, 0) is 35.6 Å². The first-order valence-electron chi connectivity index (χ1n) is 6.60. The minimum Gasteiger partial charge on any atom is -0.235 e. The van der Waals surface area contributed by atoms with E-state index >= 15 is 0 Å². The van der Waals surface area contributed by atoms with Gasteiger partial charge in [0.05, 0.1) is 20.6 Å². The average Bonchev–Trinajstić information content (AvgIpc) is 3.10. The Labute approximate surface area is 124 Å². The van der Waals surface area contributed by atoms with E-state index < -0.39 is 0 Å². The van der Waals surface area contributed by atoms with Crippen molar-refractivity contribution in [3.8, 4) is 9.88 Å². The van der Waals surface area contributed by atoms with E-state index in [2.05, 4.69) is 47.7 Å². The Morgan fingerprint density at radius 2 is 1.95 bits per heavy atom. The molecule has 0 aliphatic rings. The van der Waals surface area contributed by atoms with Crippen molar-refractivity contribution < 1.29 is 0 Å². The van der Waals surface area contributed by atoms with Crippen LogP contribution in [-0.2, 0) is 6.42 Å². The zero-order chi connectivity index (χ0) is 13.5. The maximum Gasteiger partial charge on any atom is 0.136 e. The minimum absolute atomic E-state index is 1.02. The van der Waals surface area contributed by atoms with Crippen LogP contribution in [0.1, 0.15) is 12.5 Å². The molecule has 0 bridgehead atoms. The van der Waals surface area contributed by atoms with Gasteiger partial charge in [-0.1, -0.05) is 37.3 Å². The molecule has 4 aromatic rings. The number of hydrogen-bond donors (Lipinski definition) is 0. The van der Waals surface area contributed by atoms with E-state index in [4.69, 9.17) is 4.98 Å². The van der Waals surface area contributed by atoms with Crippen molar-refractivity contribution in [2.45, 2.75) is 13.3 Å². The van der Waals surface area contributed by atoms with Gasteiger partial charge in [0.2, 0.25) is 0 Å². The second kappa shape index (κ2) is 4.65. The third kappa shape index (κ3) is 1.76. The van der Waals surface area contributed by atoms with E-state index in [-0.39, 0.29) is 0 Å². The van der Waals surface area contributed by atoms with Crippen LogP contribution in [0.2, 0.25) is 0 Å². The lowest BCUT2D eigenvalue weighted by Gasteiger charge is -1.95. The monoisotopic (exact) mass is 296 g/mol. The second-order valence-electron chi connectivity index (χ2n) is 4.67. The number of hydrogen-bond acceptors (Lipinski definition) is 4. The van der Waals surface area contributed by atoms with Gasteiger partial charge in [-0.3, -0.25) is 0 Å². The van der Waals surface area contributed by atoms with Gasteiger partial charge in [0.25, 0.3) is 0 Å². The average molecular weight is 296 g/mol. The van der Waals surface area contributed by atoms with E-state index in [9.17, 15) is 0 Å². The summed E-state index contributed by atoms with van der Waals surface area (Å²) in [6.45, 7) is 2.18. The highest BCUT2D eigenvalue weighted by atomic mass is 32.1. The molecule has 0 saturated heterocycles. The molecule has 2 aromatic heterocycles. The predicted octanol–water partition coefficient (Wildman–Crippen LogP) is 5.14. The number of benzene rings is 2. The first-order chi connectivity index (χ1) is 9.86. The molecule has 2 nitrogen and oxygen atoms in total. The summed E-state index contributed by atoms with van der Waals surface area (Å²) in [5, 5.41) is 2.29. The lowest BCUT2D eigenvalue weighted by Crippen LogP contribution is -1.81. The molecule has 0 atom stereocenters. The second-order valence-corrected chi connectivity index (χ2v) is 6.47. The Hall–Kier alpha value is -1.78. The topological polar surface area (TPSA) is 25.8 Å². The maximum atomic E-state index is 4.87. The molecule has 4 rings (SSSR count). The van der Waals surface area contributed by atoms with Gasteiger partial charge in [0.1, 0.15) is 5.01 Å². The molecule has 98 valence electrons. The van der Waals surface area contributed by atoms with Gasteiger partial charge < -0.3 is 0 Å². The number of nitrogens with zero attached hydrogens (tertiary/aromatic N) is 2. The largest absolute Gasteiger partial charge is 0.235 e. The van der Waals surface area contributed by atoms with Crippen LogP contribution in [0.4, 0.5) is 0 Å². The molecule has 0 N–H and O–H groups in total. The summed E-state index contributed by atoms with van der Waals surface area (Å²) in [7, 11) is 0. The first kappa shape index (κ1) is 12.0. The molecule has 2 aromatic carbocycles. The van der Waals surface area contributed by atoms with Crippen molar-refractivity contribution >= 4 is 44.0 Å². The zero-order valence-electron chi connectivity index (χ0n) is 11.0. The number of aromatic nitrogens is 2. The fourth-order valence-electron chi connectivity index (χ4n) is 2.43. The fourth-order valence-corrected chi connectivity index (χ4v) is 4.38. The molecular weight excluding hydrogens is 284 g/mol. The summed E-state index contributed by atoms with van der Waals surface area (Å²) in [4.78, 5) is 6.05. The van der Waals surface area contributed by atoms with Crippen LogP contribution in [0.15, 0.2) is 42.5 Å². The maximum absolute atomic E-state index is 4.87. The fraction of sp³-hybridized carbons (Fsp3) is 0.125. The van der Waals surface area contributed by atoms with Crippen molar-refractivity contribution in [3.63, 3.8) is 0 Å². The Morgan fingerprint density at radius 3 is 2.85 bits per heavy atom. The highest BCUT2D eigenvalue weighted by Gasteiger charge is 2.13. The SMILES string of the molecule is CCc1cccc2sc(-c3snc4ccccc34)nc12. The van der Waals surface area contributed by atoms with Gasteiger partial charge in [0, 0.05) is 5.39 Å². The number of rotatable bonds is 2. The molecular formula is C16H12N2S2. The van der Waals surface area contributed by atoms with Crippen LogP contribution >= 0.6 is 22.9 Å². The standard InChI is InChI=1S/C16H12N2S2/c1-2-10-6-5-9-13-14(10)17-16(19-13)15-11-7-3-4-8-12(11)18-20-15/h3-9H,2H2,1H3. The third-order valence-corrected chi connectivity index (χ3v) is 5.51. The van der Waals surface area contributed by atoms with Crippen LogP contribution in [0.25, 0.3) is 31.0 Å². The molecule has 4 heteroatoms. The van der Waals surface area contributed by atoms with E-state index in [1.807, 2.05) is 6.07 Å². The summed E-state index contributed by atoms with van der Waals surface area (Å²) < 4.78 is 5.78. The lowest BCUT2D eigenvalue weighted by molar-refractivity contribution is 1.15. The summed E-state index contributed by atoms with van der Waals surface area (Å²) >= 11 is 3.30. The molecule has 2 heterocycles. The molecule has 0 amide bonds. The van der Waals surface area contributed by atoms with Crippen molar-refractivity contribution in [3.05, 3.63) is 48.0 Å². The van der Waals surface area contributed by atoms with Gasteiger partial charge >= 0.3 is 0 Å². The molecule has 0 unspecified atom stereocenters. The summed E-state index contributed by atoms with van der Waals surface area (Å²) in [6.07, 6.45) is 1.02. The van der Waals surface area contributed by atoms with Crippen LogP contribution < -0.4 is 0 Å². The molecule has 20 heavy (non-hydrogen) atoms. The summed E-state index contributed by atoms with van der Waals surface area (Å²) in [6, 6.07) is 14.7. The number of thiazole rings is 1. The Balaban J connectivity index is 1.98. The van der Waals surface area contributed by atoms with Crippen LogP contribution in [0, 0.1) is 0 Å². The number of aryl methyl sites for hydroxylation is 1. The first-order valence-corrected chi connectivity index (χ1v) is 8.19. The Morgan fingerprint density at radius 1 is 1.05 bits per heavy atom. The third-order valence-electron chi connectivity index (χ3n) is 3.46. The zero-order valence-corrected chi connectivity index (χ0v) is 12.6. The summed E-state index contributed by atoms with van der Waals surface area (Å²) in [5.41, 5.74) is 3.52. The molecule has 0 aliphatic carbocycles. The van der Waals surface area contributed by atoms with Gasteiger partial charge in [-0.2, -0.15) is 4.37 Å². The van der Waals surface area contributed by atoms with Crippen molar-refractivity contribution in [1.29, 1.82) is 0 Å². The van der Waals surface area contributed by atoms with Crippen molar-refractivity contribution in [2.24, 2.45) is 0 Å².